The normalized spacial score (nSPS) is 13.8. The molecule has 2 aromatic carbocycles. The zero-order chi connectivity index (χ0) is 19.0. The Labute approximate surface area is 176 Å². The molecule has 2 aromatic heterocycles. The van der Waals surface area contributed by atoms with E-state index < -0.39 is 5.60 Å². The van der Waals surface area contributed by atoms with Crippen molar-refractivity contribution in [3.63, 3.8) is 0 Å². The highest BCUT2D eigenvalue weighted by Crippen LogP contribution is 2.45. The largest absolute Gasteiger partial charge is 0.367 e. The maximum Gasteiger partial charge on any atom is 0.138 e. The topological polar surface area (TPSA) is 27.1 Å². The van der Waals surface area contributed by atoms with Crippen molar-refractivity contribution in [2.75, 3.05) is 7.11 Å². The molecule has 27 heavy (non-hydrogen) atoms. The van der Waals surface area contributed by atoms with E-state index in [-0.39, 0.29) is 0 Å². The number of fused-ring (bicyclic) bond motifs is 1. The molecular formula is C20H15Cl3N2OS. The number of aromatic nitrogens is 2. The van der Waals surface area contributed by atoms with Gasteiger partial charge in [0.2, 0.25) is 0 Å². The summed E-state index contributed by atoms with van der Waals surface area (Å²) in [4.78, 5) is 4.16. The van der Waals surface area contributed by atoms with Gasteiger partial charge in [0.1, 0.15) is 5.60 Å². The summed E-state index contributed by atoms with van der Waals surface area (Å²) in [7, 11) is 1.69. The van der Waals surface area contributed by atoms with Crippen LogP contribution in [0.5, 0.6) is 0 Å². The second-order valence-electron chi connectivity index (χ2n) is 6.16. The fraction of sp³-hybridized carbons (Fsp3) is 0.150. The van der Waals surface area contributed by atoms with Gasteiger partial charge < -0.3 is 9.30 Å². The lowest BCUT2D eigenvalue weighted by atomic mass is 9.85. The van der Waals surface area contributed by atoms with Gasteiger partial charge in [-0.15, -0.1) is 11.3 Å². The molecule has 3 nitrogen and oxygen atoms in total. The van der Waals surface area contributed by atoms with E-state index in [0.29, 0.717) is 16.6 Å². The maximum atomic E-state index is 6.62. The van der Waals surface area contributed by atoms with Crippen molar-refractivity contribution in [2.24, 2.45) is 0 Å². The molecule has 0 spiro atoms. The summed E-state index contributed by atoms with van der Waals surface area (Å²) >= 11 is 20.8. The van der Waals surface area contributed by atoms with Crippen molar-refractivity contribution < 1.29 is 4.74 Å². The number of benzene rings is 2. The Morgan fingerprint density at radius 2 is 1.96 bits per heavy atom. The van der Waals surface area contributed by atoms with Gasteiger partial charge in [-0.05, 0) is 23.6 Å². The fourth-order valence-corrected chi connectivity index (χ4v) is 5.30. The lowest BCUT2D eigenvalue weighted by molar-refractivity contribution is 0.00847. The Morgan fingerprint density at radius 1 is 1.11 bits per heavy atom. The van der Waals surface area contributed by atoms with E-state index in [9.17, 15) is 0 Å². The summed E-state index contributed by atoms with van der Waals surface area (Å²) in [5.41, 5.74) is 1.01. The molecule has 0 saturated carbocycles. The molecular weight excluding hydrogens is 423 g/mol. The van der Waals surface area contributed by atoms with Crippen LogP contribution in [0.4, 0.5) is 0 Å². The van der Waals surface area contributed by atoms with E-state index in [4.69, 9.17) is 39.5 Å². The molecule has 0 amide bonds. The minimum absolute atomic E-state index is 0.503. The van der Waals surface area contributed by atoms with Crippen LogP contribution in [-0.4, -0.2) is 16.7 Å². The van der Waals surface area contributed by atoms with Crippen LogP contribution in [0, 0.1) is 0 Å². The molecule has 4 aromatic rings. The van der Waals surface area contributed by atoms with Gasteiger partial charge in [-0.3, -0.25) is 0 Å². The van der Waals surface area contributed by atoms with Crippen LogP contribution in [0.3, 0.4) is 0 Å². The van der Waals surface area contributed by atoms with Gasteiger partial charge in [-0.2, -0.15) is 0 Å². The Balaban J connectivity index is 2.01. The number of thiophene rings is 1. The van der Waals surface area contributed by atoms with Crippen molar-refractivity contribution in [1.29, 1.82) is 0 Å². The number of halogens is 3. The first-order chi connectivity index (χ1) is 13.0. The molecule has 0 unspecified atom stereocenters. The number of imidazole rings is 1. The van der Waals surface area contributed by atoms with Gasteiger partial charge in [0.25, 0.3) is 0 Å². The number of methoxy groups -OCH3 is 1. The molecule has 4 rings (SSSR count). The van der Waals surface area contributed by atoms with Gasteiger partial charge in [0, 0.05) is 46.1 Å². The Bertz CT molecular complexity index is 1090. The number of hydrogen-bond acceptors (Lipinski definition) is 3. The highest BCUT2D eigenvalue weighted by molar-refractivity contribution is 7.18. The summed E-state index contributed by atoms with van der Waals surface area (Å²) < 4.78 is 9.19. The van der Waals surface area contributed by atoms with Crippen molar-refractivity contribution in [3.8, 4) is 0 Å². The predicted octanol–water partition coefficient (Wildman–Crippen LogP) is 6.65. The SMILES string of the molecule is CO[C@@](Cn1ccnc1)(c1ccc(Cl)cc1Cl)c1csc2c(Cl)cccc12. The molecule has 0 N–H and O–H groups in total. The van der Waals surface area contributed by atoms with Crippen LogP contribution in [0.1, 0.15) is 11.1 Å². The molecule has 0 radical (unpaired) electrons. The van der Waals surface area contributed by atoms with Gasteiger partial charge in [-0.25, -0.2) is 4.98 Å². The summed E-state index contributed by atoms with van der Waals surface area (Å²) in [6, 6.07) is 11.4. The first-order valence-corrected chi connectivity index (χ1v) is 10.2. The molecule has 0 aliphatic heterocycles. The highest BCUT2D eigenvalue weighted by Gasteiger charge is 2.39. The van der Waals surface area contributed by atoms with E-state index in [1.807, 2.05) is 35.0 Å². The number of hydrogen-bond donors (Lipinski definition) is 0. The number of nitrogens with zero attached hydrogens (tertiary/aromatic N) is 2. The third-order valence-corrected chi connectivity index (χ3v) is 6.67. The van der Waals surface area contributed by atoms with E-state index in [0.717, 1.165) is 26.2 Å². The fourth-order valence-electron chi connectivity index (χ4n) is 3.39. The zero-order valence-corrected chi connectivity index (χ0v) is 17.4. The first-order valence-electron chi connectivity index (χ1n) is 8.18. The van der Waals surface area contributed by atoms with Crippen LogP contribution < -0.4 is 0 Å². The average molecular weight is 438 g/mol. The third kappa shape index (κ3) is 3.26. The van der Waals surface area contributed by atoms with Crippen LogP contribution in [0.25, 0.3) is 10.1 Å². The molecule has 0 saturated heterocycles. The Morgan fingerprint density at radius 3 is 2.67 bits per heavy atom. The highest BCUT2D eigenvalue weighted by atomic mass is 35.5. The van der Waals surface area contributed by atoms with E-state index in [1.165, 1.54) is 0 Å². The van der Waals surface area contributed by atoms with Gasteiger partial charge in [0.15, 0.2) is 0 Å². The molecule has 7 heteroatoms. The molecule has 0 bridgehead atoms. The van der Waals surface area contributed by atoms with Gasteiger partial charge >= 0.3 is 0 Å². The van der Waals surface area contributed by atoms with Crippen LogP contribution in [0.15, 0.2) is 60.5 Å². The first kappa shape index (κ1) is 18.8. The second-order valence-corrected chi connectivity index (χ2v) is 8.29. The summed E-state index contributed by atoms with van der Waals surface area (Å²) in [6.45, 7) is 0.503. The number of rotatable bonds is 5. The monoisotopic (exact) mass is 436 g/mol. The summed E-state index contributed by atoms with van der Waals surface area (Å²) in [5.74, 6) is 0. The van der Waals surface area contributed by atoms with Gasteiger partial charge in [-0.1, -0.05) is 53.0 Å². The molecule has 0 aliphatic carbocycles. The summed E-state index contributed by atoms with van der Waals surface area (Å²) in [5, 5.41) is 4.97. The lowest BCUT2D eigenvalue weighted by Crippen LogP contribution is -2.35. The second kappa shape index (κ2) is 7.46. The minimum atomic E-state index is -0.828. The third-order valence-electron chi connectivity index (χ3n) is 4.67. The van der Waals surface area contributed by atoms with E-state index in [1.54, 1.807) is 37.0 Å². The zero-order valence-electron chi connectivity index (χ0n) is 14.3. The molecule has 0 aliphatic rings. The predicted molar refractivity (Wildman–Crippen MR) is 113 cm³/mol. The Kier molecular flexibility index (Phi) is 5.19. The van der Waals surface area contributed by atoms with Crippen molar-refractivity contribution in [3.05, 3.63) is 86.7 Å². The standard InChI is InChI=1S/C20H15Cl3N2OS/c1-26-20(11-25-8-7-24-12-25,15-6-5-13(21)9-18(15)23)16-10-27-19-14(16)3-2-4-17(19)22/h2-10,12H,11H2,1H3/t20-/m0/s1. The van der Waals surface area contributed by atoms with Crippen LogP contribution in [0.2, 0.25) is 15.1 Å². The van der Waals surface area contributed by atoms with Crippen LogP contribution >= 0.6 is 46.1 Å². The van der Waals surface area contributed by atoms with Crippen molar-refractivity contribution >= 4 is 56.2 Å². The van der Waals surface area contributed by atoms with E-state index in [2.05, 4.69) is 16.4 Å². The van der Waals surface area contributed by atoms with Crippen LogP contribution in [-0.2, 0) is 16.9 Å². The summed E-state index contributed by atoms with van der Waals surface area (Å²) in [6.07, 6.45) is 5.41. The smallest absolute Gasteiger partial charge is 0.138 e. The lowest BCUT2D eigenvalue weighted by Gasteiger charge is -2.34. The molecule has 1 atom stereocenters. The van der Waals surface area contributed by atoms with Gasteiger partial charge in [0.05, 0.1) is 22.6 Å². The Hall–Kier alpha value is -1.56. The maximum absolute atomic E-state index is 6.62. The van der Waals surface area contributed by atoms with Crippen molar-refractivity contribution in [2.45, 2.75) is 12.1 Å². The molecule has 138 valence electrons. The van der Waals surface area contributed by atoms with E-state index >= 15 is 0 Å². The molecule has 2 heterocycles. The van der Waals surface area contributed by atoms with Crippen molar-refractivity contribution in [1.82, 2.24) is 9.55 Å². The minimum Gasteiger partial charge on any atom is -0.367 e. The average Bonchev–Trinajstić information content (AvgIpc) is 3.30. The number of ether oxygens (including phenoxy) is 1. The molecule has 0 fully saturated rings. The quantitative estimate of drug-likeness (QED) is 0.349.